The highest BCUT2D eigenvalue weighted by Crippen LogP contribution is 2.09. The molecule has 1 atom stereocenters. The molecule has 1 aromatic carbocycles. The van der Waals surface area contributed by atoms with Gasteiger partial charge < -0.3 is 15.5 Å². The van der Waals surface area contributed by atoms with Crippen molar-refractivity contribution in [3.8, 4) is 0 Å². The van der Waals surface area contributed by atoms with Gasteiger partial charge >= 0.3 is 0 Å². The maximum atomic E-state index is 12.3. The average Bonchev–Trinajstić information content (AvgIpc) is 3.10. The van der Waals surface area contributed by atoms with Gasteiger partial charge in [0.15, 0.2) is 0 Å². The van der Waals surface area contributed by atoms with Gasteiger partial charge in [-0.15, -0.1) is 11.3 Å². The second-order valence-electron chi connectivity index (χ2n) is 5.78. The van der Waals surface area contributed by atoms with Crippen molar-refractivity contribution in [2.75, 3.05) is 18.9 Å². The molecule has 2 N–H and O–H groups in total. The number of likely N-dealkylation sites (N-methyl/N-ethyl adjacent to an activating group) is 1. The van der Waals surface area contributed by atoms with E-state index < -0.39 is 6.04 Å². The van der Waals surface area contributed by atoms with Crippen LogP contribution in [0, 0.1) is 6.92 Å². The van der Waals surface area contributed by atoms with Crippen LogP contribution in [0.2, 0.25) is 0 Å². The van der Waals surface area contributed by atoms with Crippen LogP contribution in [0.5, 0.6) is 0 Å². The first kappa shape index (κ1) is 18.7. The van der Waals surface area contributed by atoms with Crippen LogP contribution in [0.15, 0.2) is 41.8 Å². The first-order chi connectivity index (χ1) is 11.9. The van der Waals surface area contributed by atoms with Crippen LogP contribution in [-0.4, -0.2) is 42.3 Å². The van der Waals surface area contributed by atoms with Gasteiger partial charge in [-0.25, -0.2) is 0 Å². The lowest BCUT2D eigenvalue weighted by molar-refractivity contribution is -0.134. The van der Waals surface area contributed by atoms with Crippen LogP contribution in [0.25, 0.3) is 0 Å². The molecule has 0 spiro atoms. The summed E-state index contributed by atoms with van der Waals surface area (Å²) in [5.41, 5.74) is 1.77. The van der Waals surface area contributed by atoms with E-state index >= 15 is 0 Å². The van der Waals surface area contributed by atoms with Gasteiger partial charge in [-0.05, 0) is 37.4 Å². The molecule has 7 heteroatoms. The topological polar surface area (TPSA) is 78.5 Å². The fourth-order valence-corrected chi connectivity index (χ4v) is 2.83. The molecular formula is C18H21N3O3S. The number of hydrogen-bond donors (Lipinski definition) is 2. The average molecular weight is 359 g/mol. The van der Waals surface area contributed by atoms with Crippen LogP contribution in [0.3, 0.4) is 0 Å². The monoisotopic (exact) mass is 359 g/mol. The summed E-state index contributed by atoms with van der Waals surface area (Å²) < 4.78 is 0. The van der Waals surface area contributed by atoms with Gasteiger partial charge in [0.05, 0.1) is 11.4 Å². The van der Waals surface area contributed by atoms with E-state index in [1.54, 1.807) is 36.6 Å². The highest BCUT2D eigenvalue weighted by Gasteiger charge is 2.22. The minimum absolute atomic E-state index is 0.0913. The van der Waals surface area contributed by atoms with E-state index in [0.717, 1.165) is 5.56 Å². The summed E-state index contributed by atoms with van der Waals surface area (Å²) in [4.78, 5) is 38.2. The lowest BCUT2D eigenvalue weighted by Gasteiger charge is -2.21. The SMILES string of the molecule is Cc1ccc(NC(=O)CN(C)C(=O)C(C)NC(=O)c2cccs2)cc1. The molecule has 2 aromatic rings. The van der Waals surface area contributed by atoms with E-state index in [2.05, 4.69) is 10.6 Å². The van der Waals surface area contributed by atoms with Crippen molar-refractivity contribution in [3.05, 3.63) is 52.2 Å². The van der Waals surface area contributed by atoms with E-state index in [0.29, 0.717) is 10.6 Å². The number of aryl methyl sites for hydroxylation is 1. The summed E-state index contributed by atoms with van der Waals surface area (Å²) in [5.74, 6) is -0.922. The quantitative estimate of drug-likeness (QED) is 0.830. The van der Waals surface area contributed by atoms with Crippen molar-refractivity contribution in [1.82, 2.24) is 10.2 Å². The number of anilines is 1. The van der Waals surface area contributed by atoms with Crippen LogP contribution in [-0.2, 0) is 9.59 Å². The number of hydrogen-bond acceptors (Lipinski definition) is 4. The molecule has 0 aliphatic carbocycles. The van der Waals surface area contributed by atoms with E-state index in [1.165, 1.54) is 23.3 Å². The van der Waals surface area contributed by atoms with Crippen molar-refractivity contribution >= 4 is 34.7 Å². The number of amides is 3. The van der Waals surface area contributed by atoms with Crippen molar-refractivity contribution in [1.29, 1.82) is 0 Å². The molecule has 0 aliphatic rings. The first-order valence-corrected chi connectivity index (χ1v) is 8.70. The molecule has 0 aliphatic heterocycles. The third kappa shape index (κ3) is 5.42. The number of carbonyl (C=O) groups is 3. The Morgan fingerprint density at radius 3 is 2.44 bits per heavy atom. The second-order valence-corrected chi connectivity index (χ2v) is 6.73. The van der Waals surface area contributed by atoms with E-state index in [1.807, 2.05) is 19.1 Å². The normalized spacial score (nSPS) is 11.5. The predicted molar refractivity (Wildman–Crippen MR) is 98.7 cm³/mol. The molecule has 6 nitrogen and oxygen atoms in total. The van der Waals surface area contributed by atoms with Crippen molar-refractivity contribution in [2.24, 2.45) is 0 Å². The summed E-state index contributed by atoms with van der Waals surface area (Å²) in [6, 6.07) is 10.1. The van der Waals surface area contributed by atoms with Gasteiger partial charge in [-0.2, -0.15) is 0 Å². The summed E-state index contributed by atoms with van der Waals surface area (Å²) in [6.07, 6.45) is 0. The standard InChI is InChI=1S/C18H21N3O3S/c1-12-6-8-14(9-7-12)20-16(22)11-21(3)18(24)13(2)19-17(23)15-5-4-10-25-15/h4-10,13H,11H2,1-3H3,(H,19,23)(H,20,22). The van der Waals surface area contributed by atoms with E-state index in [4.69, 9.17) is 0 Å². The van der Waals surface area contributed by atoms with Gasteiger partial charge in [0.1, 0.15) is 6.04 Å². The van der Waals surface area contributed by atoms with Crippen molar-refractivity contribution in [2.45, 2.75) is 19.9 Å². The Kier molecular flexibility index (Phi) is 6.30. The predicted octanol–water partition coefficient (Wildman–Crippen LogP) is 2.27. The van der Waals surface area contributed by atoms with Crippen molar-refractivity contribution < 1.29 is 14.4 Å². The number of carbonyl (C=O) groups excluding carboxylic acids is 3. The highest BCUT2D eigenvalue weighted by molar-refractivity contribution is 7.12. The molecule has 0 saturated carbocycles. The molecule has 132 valence electrons. The molecule has 0 bridgehead atoms. The number of rotatable bonds is 6. The zero-order valence-electron chi connectivity index (χ0n) is 14.4. The summed E-state index contributed by atoms with van der Waals surface area (Å²) in [6.45, 7) is 3.47. The molecule has 25 heavy (non-hydrogen) atoms. The van der Waals surface area contributed by atoms with Crippen LogP contribution < -0.4 is 10.6 Å². The first-order valence-electron chi connectivity index (χ1n) is 7.82. The Bertz CT molecular complexity index is 741. The van der Waals surface area contributed by atoms with Gasteiger partial charge in [0.2, 0.25) is 11.8 Å². The Labute approximate surface area is 150 Å². The Morgan fingerprint density at radius 1 is 1.16 bits per heavy atom. The molecular weight excluding hydrogens is 338 g/mol. The molecule has 1 aromatic heterocycles. The summed E-state index contributed by atoms with van der Waals surface area (Å²) >= 11 is 1.30. The van der Waals surface area contributed by atoms with Gasteiger partial charge in [0, 0.05) is 12.7 Å². The van der Waals surface area contributed by atoms with Crippen LogP contribution in [0.4, 0.5) is 5.69 Å². The van der Waals surface area contributed by atoms with Crippen LogP contribution in [0.1, 0.15) is 22.2 Å². The maximum Gasteiger partial charge on any atom is 0.261 e. The number of nitrogens with zero attached hydrogens (tertiary/aromatic N) is 1. The third-order valence-corrected chi connectivity index (χ3v) is 4.42. The third-order valence-electron chi connectivity index (χ3n) is 3.56. The molecule has 0 radical (unpaired) electrons. The lowest BCUT2D eigenvalue weighted by Crippen LogP contribution is -2.47. The smallest absolute Gasteiger partial charge is 0.261 e. The fraction of sp³-hybridized carbons (Fsp3) is 0.278. The molecule has 0 fully saturated rings. The highest BCUT2D eigenvalue weighted by atomic mass is 32.1. The van der Waals surface area contributed by atoms with E-state index in [9.17, 15) is 14.4 Å². The van der Waals surface area contributed by atoms with E-state index in [-0.39, 0.29) is 24.3 Å². The fourth-order valence-electron chi connectivity index (χ4n) is 2.20. The Hall–Kier alpha value is -2.67. The largest absolute Gasteiger partial charge is 0.340 e. The Balaban J connectivity index is 1.85. The molecule has 1 heterocycles. The maximum absolute atomic E-state index is 12.3. The molecule has 1 unspecified atom stereocenters. The molecule has 3 amide bonds. The molecule has 0 saturated heterocycles. The number of thiophene rings is 1. The van der Waals surface area contributed by atoms with Gasteiger partial charge in [-0.1, -0.05) is 23.8 Å². The van der Waals surface area contributed by atoms with Crippen LogP contribution >= 0.6 is 11.3 Å². The van der Waals surface area contributed by atoms with Gasteiger partial charge in [-0.3, -0.25) is 14.4 Å². The van der Waals surface area contributed by atoms with Gasteiger partial charge in [0.25, 0.3) is 5.91 Å². The zero-order chi connectivity index (χ0) is 18.4. The second kappa shape index (κ2) is 8.43. The Morgan fingerprint density at radius 2 is 1.84 bits per heavy atom. The lowest BCUT2D eigenvalue weighted by atomic mass is 10.2. The minimum atomic E-state index is -0.716. The molecule has 2 rings (SSSR count). The zero-order valence-corrected chi connectivity index (χ0v) is 15.2. The van der Waals surface area contributed by atoms with Crippen molar-refractivity contribution in [3.63, 3.8) is 0 Å². The number of nitrogens with one attached hydrogen (secondary N) is 2. The summed E-state index contributed by atoms with van der Waals surface area (Å²) in [7, 11) is 1.53. The number of benzene rings is 1. The summed E-state index contributed by atoms with van der Waals surface area (Å²) in [5, 5.41) is 7.17. The minimum Gasteiger partial charge on any atom is -0.340 e.